The number of hydrogen-bond acceptors (Lipinski definition) is 5. The van der Waals surface area contributed by atoms with Gasteiger partial charge in [0.25, 0.3) is 0 Å². The van der Waals surface area contributed by atoms with Gasteiger partial charge >= 0.3 is 5.97 Å². The van der Waals surface area contributed by atoms with Crippen molar-refractivity contribution in [2.75, 3.05) is 6.61 Å². The minimum atomic E-state index is -0.699. The highest BCUT2D eigenvalue weighted by atomic mass is 79.9. The van der Waals surface area contributed by atoms with Crippen LogP contribution in [0.5, 0.6) is 0 Å². The second-order valence-corrected chi connectivity index (χ2v) is 5.30. The van der Waals surface area contributed by atoms with Crippen molar-refractivity contribution in [2.45, 2.75) is 19.1 Å². The average Bonchev–Trinajstić information content (AvgIpc) is 2.78. The smallest absolute Gasteiger partial charge is 0.335 e. The third-order valence-electron chi connectivity index (χ3n) is 2.35. The molecule has 96 valence electrons. The average molecular weight is 378 g/mol. The van der Waals surface area contributed by atoms with Crippen LogP contribution >= 0.6 is 31.9 Å². The summed E-state index contributed by atoms with van der Waals surface area (Å²) < 4.78 is 11.9. The Hall–Kier alpha value is -0.950. The molecule has 1 aromatic heterocycles. The molecule has 0 radical (unpaired) electrons. The van der Waals surface area contributed by atoms with E-state index in [1.807, 2.05) is 6.07 Å². The molecule has 0 spiro atoms. The van der Waals surface area contributed by atoms with Crippen LogP contribution in [-0.4, -0.2) is 30.0 Å². The van der Waals surface area contributed by atoms with E-state index >= 15 is 0 Å². The van der Waals surface area contributed by atoms with Gasteiger partial charge in [0.2, 0.25) is 0 Å². The zero-order valence-electron chi connectivity index (χ0n) is 9.47. The third-order valence-corrected chi connectivity index (χ3v) is 3.42. The number of pyridine rings is 1. The van der Waals surface area contributed by atoms with E-state index < -0.39 is 18.1 Å². The molecule has 18 heavy (non-hydrogen) atoms. The van der Waals surface area contributed by atoms with Crippen LogP contribution in [0.4, 0.5) is 0 Å². The lowest BCUT2D eigenvalue weighted by atomic mass is 10.1. The zero-order valence-corrected chi connectivity index (χ0v) is 12.6. The molecule has 0 bridgehead atoms. The van der Waals surface area contributed by atoms with Gasteiger partial charge in [-0.25, -0.2) is 9.79 Å². The number of halogens is 2. The maximum absolute atomic E-state index is 11.7. The van der Waals surface area contributed by atoms with Crippen molar-refractivity contribution in [3.05, 3.63) is 26.9 Å². The van der Waals surface area contributed by atoms with Crippen LogP contribution in [0.25, 0.3) is 0 Å². The Morgan fingerprint density at radius 1 is 1.56 bits per heavy atom. The maximum atomic E-state index is 11.7. The predicted octanol–water partition coefficient (Wildman–Crippen LogP) is 2.64. The zero-order chi connectivity index (χ0) is 13.1. The van der Waals surface area contributed by atoms with E-state index in [0.29, 0.717) is 12.3 Å². The van der Waals surface area contributed by atoms with Gasteiger partial charge in [0.15, 0.2) is 18.5 Å². The van der Waals surface area contributed by atoms with E-state index in [0.717, 1.165) is 8.95 Å². The van der Waals surface area contributed by atoms with E-state index in [9.17, 15) is 4.79 Å². The van der Waals surface area contributed by atoms with Crippen LogP contribution in [0, 0.1) is 0 Å². The molecule has 0 amide bonds. The monoisotopic (exact) mass is 376 g/mol. The quantitative estimate of drug-likeness (QED) is 0.759. The summed E-state index contributed by atoms with van der Waals surface area (Å²) in [5.41, 5.74) is 0.619. The number of ether oxygens (including phenoxy) is 2. The SMILES string of the molecule is CCOC(=O)C1N=COC1c1ncc(Br)cc1Br. The van der Waals surface area contributed by atoms with Crippen molar-refractivity contribution in [3.8, 4) is 0 Å². The lowest BCUT2D eigenvalue weighted by molar-refractivity contribution is -0.146. The maximum Gasteiger partial charge on any atom is 0.335 e. The first-order chi connectivity index (χ1) is 8.63. The molecule has 0 saturated carbocycles. The van der Waals surface area contributed by atoms with Crippen LogP contribution in [-0.2, 0) is 14.3 Å². The van der Waals surface area contributed by atoms with Gasteiger partial charge in [0, 0.05) is 15.1 Å². The summed E-state index contributed by atoms with van der Waals surface area (Å²) in [4.78, 5) is 20.0. The van der Waals surface area contributed by atoms with Gasteiger partial charge in [0.1, 0.15) is 0 Å². The number of carbonyl (C=O) groups is 1. The highest BCUT2D eigenvalue weighted by Gasteiger charge is 2.37. The Labute approximate surface area is 121 Å². The molecule has 2 rings (SSSR count). The molecule has 5 nitrogen and oxygen atoms in total. The number of rotatable bonds is 3. The molecule has 2 unspecified atom stereocenters. The van der Waals surface area contributed by atoms with Crippen molar-refractivity contribution >= 4 is 44.2 Å². The van der Waals surface area contributed by atoms with Gasteiger partial charge in [-0.05, 0) is 44.8 Å². The van der Waals surface area contributed by atoms with Crippen molar-refractivity contribution in [3.63, 3.8) is 0 Å². The number of nitrogens with zero attached hydrogens (tertiary/aromatic N) is 2. The van der Waals surface area contributed by atoms with Crippen molar-refractivity contribution in [1.82, 2.24) is 4.98 Å². The van der Waals surface area contributed by atoms with Crippen molar-refractivity contribution in [1.29, 1.82) is 0 Å². The lowest BCUT2D eigenvalue weighted by Gasteiger charge is -2.16. The molecule has 0 aliphatic carbocycles. The topological polar surface area (TPSA) is 60.8 Å². The molecule has 0 N–H and O–H groups in total. The molecule has 0 fully saturated rings. The molecule has 1 aromatic rings. The first-order valence-electron chi connectivity index (χ1n) is 5.28. The van der Waals surface area contributed by atoms with E-state index in [2.05, 4.69) is 41.8 Å². The highest BCUT2D eigenvalue weighted by molar-refractivity contribution is 9.11. The molecular formula is C11H10Br2N2O3. The second-order valence-electron chi connectivity index (χ2n) is 3.53. The van der Waals surface area contributed by atoms with E-state index in [1.165, 1.54) is 6.40 Å². The summed E-state index contributed by atoms with van der Waals surface area (Å²) >= 11 is 6.71. The molecule has 1 aliphatic rings. The van der Waals surface area contributed by atoms with Gasteiger partial charge in [-0.2, -0.15) is 0 Å². The number of aromatic nitrogens is 1. The minimum Gasteiger partial charge on any atom is -0.471 e. The molecule has 1 aliphatic heterocycles. The number of aliphatic imine (C=N–C) groups is 1. The van der Waals surface area contributed by atoms with Gasteiger partial charge in [-0.3, -0.25) is 4.98 Å². The van der Waals surface area contributed by atoms with Gasteiger partial charge in [-0.1, -0.05) is 0 Å². The normalized spacial score (nSPS) is 21.7. The third kappa shape index (κ3) is 2.72. The van der Waals surface area contributed by atoms with Crippen LogP contribution < -0.4 is 0 Å². The Bertz CT molecular complexity index is 493. The first-order valence-corrected chi connectivity index (χ1v) is 6.86. The predicted molar refractivity (Wildman–Crippen MR) is 72.4 cm³/mol. The van der Waals surface area contributed by atoms with Gasteiger partial charge < -0.3 is 9.47 Å². The Morgan fingerprint density at radius 2 is 2.33 bits per heavy atom. The van der Waals surface area contributed by atoms with Gasteiger partial charge in [0.05, 0.1) is 12.3 Å². The largest absolute Gasteiger partial charge is 0.471 e. The molecular weight excluding hydrogens is 368 g/mol. The Kier molecular flexibility index (Phi) is 4.34. The molecule has 2 heterocycles. The molecule has 7 heteroatoms. The second kappa shape index (κ2) is 5.79. The van der Waals surface area contributed by atoms with Crippen molar-refractivity contribution in [2.24, 2.45) is 4.99 Å². The fourth-order valence-corrected chi connectivity index (χ4v) is 2.79. The Morgan fingerprint density at radius 3 is 3.00 bits per heavy atom. The van der Waals surface area contributed by atoms with E-state index in [4.69, 9.17) is 9.47 Å². The van der Waals surface area contributed by atoms with Crippen LogP contribution in [0.1, 0.15) is 18.7 Å². The number of esters is 1. The lowest BCUT2D eigenvalue weighted by Crippen LogP contribution is -2.27. The molecule has 0 saturated heterocycles. The molecule has 2 atom stereocenters. The summed E-state index contributed by atoms with van der Waals surface area (Å²) in [6.45, 7) is 2.06. The summed E-state index contributed by atoms with van der Waals surface area (Å²) in [5.74, 6) is -0.409. The minimum absolute atomic E-state index is 0.312. The first kappa shape index (κ1) is 13.5. The number of carbonyl (C=O) groups excluding carboxylic acids is 1. The van der Waals surface area contributed by atoms with Crippen LogP contribution in [0.2, 0.25) is 0 Å². The summed E-state index contributed by atoms with van der Waals surface area (Å²) in [5, 5.41) is 0. The number of hydrogen-bond donors (Lipinski definition) is 0. The highest BCUT2D eigenvalue weighted by Crippen LogP contribution is 2.32. The summed E-state index contributed by atoms with van der Waals surface area (Å²) in [7, 11) is 0. The summed E-state index contributed by atoms with van der Waals surface area (Å²) in [6.07, 6.45) is 2.36. The summed E-state index contributed by atoms with van der Waals surface area (Å²) in [6, 6.07) is 1.14. The van der Waals surface area contributed by atoms with Crippen molar-refractivity contribution < 1.29 is 14.3 Å². The van der Waals surface area contributed by atoms with E-state index in [-0.39, 0.29) is 0 Å². The van der Waals surface area contributed by atoms with Crippen LogP contribution in [0.15, 0.2) is 26.2 Å². The fourth-order valence-electron chi connectivity index (χ4n) is 1.58. The molecule has 0 aromatic carbocycles. The Balaban J connectivity index is 2.24. The van der Waals surface area contributed by atoms with E-state index in [1.54, 1.807) is 13.1 Å². The fraction of sp³-hybridized carbons (Fsp3) is 0.364. The van der Waals surface area contributed by atoms with Crippen LogP contribution in [0.3, 0.4) is 0 Å². The van der Waals surface area contributed by atoms with Gasteiger partial charge in [-0.15, -0.1) is 0 Å². The standard InChI is InChI=1S/C11H10Br2N2O3/c1-2-17-11(16)9-10(18-5-15-9)8-7(13)3-6(12)4-14-8/h3-5,9-10H,2H2,1H3.